The van der Waals surface area contributed by atoms with Gasteiger partial charge >= 0.3 is 0 Å². The minimum absolute atomic E-state index is 0.0120. The van der Waals surface area contributed by atoms with E-state index in [-0.39, 0.29) is 29.1 Å². The maximum atomic E-state index is 14.3. The molecule has 2 atom stereocenters. The molecule has 238 valence electrons. The average molecular weight is 665 g/mol. The second kappa shape index (κ2) is 15.0. The van der Waals surface area contributed by atoms with Gasteiger partial charge in [-0.25, -0.2) is 8.42 Å². The second-order valence-corrected chi connectivity index (χ2v) is 13.3. The molecular weight excluding hydrogens is 625 g/mol. The predicted octanol–water partition coefficient (Wildman–Crippen LogP) is 6.15. The van der Waals surface area contributed by atoms with Gasteiger partial charge in [0.15, 0.2) is 11.5 Å². The highest BCUT2D eigenvalue weighted by atomic mass is 35.5. The number of carbonyl (C=O) groups is 2. The molecule has 0 aliphatic heterocycles. The lowest BCUT2D eigenvalue weighted by Crippen LogP contribution is -2.52. The van der Waals surface area contributed by atoms with Crippen LogP contribution in [0.2, 0.25) is 10.0 Å². The van der Waals surface area contributed by atoms with Crippen molar-refractivity contribution in [3.8, 4) is 11.5 Å². The van der Waals surface area contributed by atoms with Crippen molar-refractivity contribution in [1.82, 2.24) is 10.2 Å². The van der Waals surface area contributed by atoms with Gasteiger partial charge in [-0.1, -0.05) is 42.3 Å². The van der Waals surface area contributed by atoms with Crippen molar-refractivity contribution < 1.29 is 27.5 Å². The molecule has 0 aliphatic carbocycles. The van der Waals surface area contributed by atoms with E-state index in [1.807, 2.05) is 33.8 Å². The molecule has 0 bridgehead atoms. The summed E-state index contributed by atoms with van der Waals surface area (Å²) in [5, 5.41) is 3.55. The van der Waals surface area contributed by atoms with Crippen LogP contribution in [0.25, 0.3) is 0 Å². The maximum absolute atomic E-state index is 14.3. The summed E-state index contributed by atoms with van der Waals surface area (Å²) in [6, 6.07) is 13.4. The normalized spacial score (nSPS) is 12.7. The van der Waals surface area contributed by atoms with E-state index < -0.39 is 28.5 Å². The van der Waals surface area contributed by atoms with Crippen LogP contribution in [0.3, 0.4) is 0 Å². The van der Waals surface area contributed by atoms with E-state index in [2.05, 4.69) is 5.32 Å². The first-order valence-electron chi connectivity index (χ1n) is 14.1. The van der Waals surface area contributed by atoms with Crippen molar-refractivity contribution in [2.45, 2.75) is 64.6 Å². The highest BCUT2D eigenvalue weighted by molar-refractivity contribution is 7.92. The highest BCUT2D eigenvalue weighted by Crippen LogP contribution is 2.33. The Morgan fingerprint density at radius 2 is 1.52 bits per heavy atom. The lowest BCUT2D eigenvalue weighted by Gasteiger charge is -2.32. The van der Waals surface area contributed by atoms with E-state index in [1.54, 1.807) is 37.3 Å². The first-order chi connectivity index (χ1) is 20.7. The Morgan fingerprint density at radius 3 is 2.09 bits per heavy atom. The van der Waals surface area contributed by atoms with Crippen LogP contribution < -0.4 is 19.1 Å². The summed E-state index contributed by atoms with van der Waals surface area (Å²) in [5.74, 6) is -0.383. The summed E-state index contributed by atoms with van der Waals surface area (Å²) in [5.41, 5.74) is 2.55. The van der Waals surface area contributed by atoms with Crippen molar-refractivity contribution in [1.29, 1.82) is 0 Å². The van der Waals surface area contributed by atoms with Crippen LogP contribution in [0.1, 0.15) is 43.9 Å². The van der Waals surface area contributed by atoms with Gasteiger partial charge in [0.05, 0.1) is 34.8 Å². The van der Waals surface area contributed by atoms with Gasteiger partial charge < -0.3 is 19.7 Å². The van der Waals surface area contributed by atoms with Crippen LogP contribution in [0.15, 0.2) is 59.5 Å². The van der Waals surface area contributed by atoms with Crippen LogP contribution in [0.4, 0.5) is 5.69 Å². The minimum atomic E-state index is -4.32. The van der Waals surface area contributed by atoms with Crippen molar-refractivity contribution in [2.24, 2.45) is 0 Å². The Bertz CT molecular complexity index is 1600. The van der Waals surface area contributed by atoms with Crippen molar-refractivity contribution >= 4 is 50.7 Å². The molecule has 12 heteroatoms. The fourth-order valence-corrected chi connectivity index (χ4v) is 6.34. The fraction of sp³-hybridized carbons (Fsp3) is 0.375. The number of halogens is 2. The average Bonchev–Trinajstić information content (AvgIpc) is 2.98. The van der Waals surface area contributed by atoms with Crippen LogP contribution in [0.5, 0.6) is 11.5 Å². The number of hydrogen-bond acceptors (Lipinski definition) is 6. The Hall–Kier alpha value is -3.47. The van der Waals surface area contributed by atoms with E-state index in [0.717, 1.165) is 15.4 Å². The molecule has 0 unspecified atom stereocenters. The molecule has 0 saturated heterocycles. The summed E-state index contributed by atoms with van der Waals surface area (Å²) in [6.45, 7) is 8.51. The fourth-order valence-electron chi connectivity index (χ4n) is 4.61. The number of ether oxygens (including phenoxy) is 2. The summed E-state index contributed by atoms with van der Waals surface area (Å²) in [4.78, 5) is 28.7. The molecule has 0 fully saturated rings. The molecule has 2 amide bonds. The Balaban J connectivity index is 2.12. The predicted molar refractivity (Wildman–Crippen MR) is 174 cm³/mol. The van der Waals surface area contributed by atoms with Gasteiger partial charge in [0.1, 0.15) is 12.6 Å². The number of carbonyl (C=O) groups excluding carboxylic acids is 2. The molecule has 0 aliphatic rings. The topological polar surface area (TPSA) is 105 Å². The maximum Gasteiger partial charge on any atom is 0.264 e. The van der Waals surface area contributed by atoms with E-state index in [4.69, 9.17) is 32.7 Å². The number of sulfonamides is 1. The molecule has 9 nitrogen and oxygen atoms in total. The van der Waals surface area contributed by atoms with Crippen LogP contribution in [-0.2, 0) is 26.2 Å². The third-order valence-corrected chi connectivity index (χ3v) is 9.73. The molecule has 0 saturated carbocycles. The Labute approximate surface area is 270 Å². The molecule has 0 aromatic heterocycles. The molecular formula is C32H39Cl2N3O6S. The van der Waals surface area contributed by atoms with Crippen LogP contribution in [0, 0.1) is 13.8 Å². The summed E-state index contributed by atoms with van der Waals surface area (Å²) in [6.07, 6.45) is 0.698. The molecule has 1 N–H and O–H groups in total. The standard InChI is InChI=1S/C32H39Cl2N3O6S/c1-8-22(4)35-32(39)23(5)36(18-24-9-11-27(33)28(34)16-24)31(38)19-37(25-14-20(2)13-21(3)15-25)44(40,41)26-10-12-29(42-6)30(17-26)43-7/h9-17,22-23H,8,18-19H2,1-7H3,(H,35,39)/t22-,23+/m0/s1. The first-order valence-corrected chi connectivity index (χ1v) is 16.3. The van der Waals surface area contributed by atoms with Gasteiger partial charge in [0, 0.05) is 18.7 Å². The van der Waals surface area contributed by atoms with Gasteiger partial charge in [-0.3, -0.25) is 13.9 Å². The zero-order valence-corrected chi connectivity index (χ0v) is 28.3. The first kappa shape index (κ1) is 35.0. The van der Waals surface area contributed by atoms with Crippen molar-refractivity contribution in [3.63, 3.8) is 0 Å². The number of benzene rings is 3. The summed E-state index contributed by atoms with van der Waals surface area (Å²) in [7, 11) is -1.46. The molecule has 44 heavy (non-hydrogen) atoms. The SMILES string of the molecule is CC[C@H](C)NC(=O)[C@@H](C)N(Cc1ccc(Cl)c(Cl)c1)C(=O)CN(c1cc(C)cc(C)c1)S(=O)(=O)c1ccc(OC)c(OC)c1. The Morgan fingerprint density at radius 1 is 0.886 bits per heavy atom. The molecule has 0 radical (unpaired) electrons. The zero-order chi connectivity index (χ0) is 32.8. The minimum Gasteiger partial charge on any atom is -0.493 e. The molecule has 0 spiro atoms. The summed E-state index contributed by atoms with van der Waals surface area (Å²) < 4.78 is 40.2. The number of aryl methyl sites for hydroxylation is 2. The van der Waals surface area contributed by atoms with Gasteiger partial charge in [-0.05, 0) is 87.2 Å². The van der Waals surface area contributed by atoms with E-state index >= 15 is 0 Å². The molecule has 3 aromatic rings. The molecule has 0 heterocycles. The van der Waals surface area contributed by atoms with Crippen LogP contribution in [-0.4, -0.2) is 58.0 Å². The van der Waals surface area contributed by atoms with Gasteiger partial charge in [-0.2, -0.15) is 0 Å². The quantitative estimate of drug-likeness (QED) is 0.235. The lowest BCUT2D eigenvalue weighted by atomic mass is 10.1. The largest absolute Gasteiger partial charge is 0.493 e. The smallest absolute Gasteiger partial charge is 0.264 e. The van der Waals surface area contributed by atoms with Gasteiger partial charge in [0.25, 0.3) is 10.0 Å². The third kappa shape index (κ3) is 8.37. The van der Waals surface area contributed by atoms with Gasteiger partial charge in [-0.15, -0.1) is 0 Å². The van der Waals surface area contributed by atoms with E-state index in [1.165, 1.54) is 37.3 Å². The van der Waals surface area contributed by atoms with E-state index in [0.29, 0.717) is 33.5 Å². The number of hydrogen-bond donors (Lipinski definition) is 1. The second-order valence-electron chi connectivity index (χ2n) is 10.6. The molecule has 3 rings (SSSR count). The lowest BCUT2D eigenvalue weighted by molar-refractivity contribution is -0.139. The highest BCUT2D eigenvalue weighted by Gasteiger charge is 2.33. The van der Waals surface area contributed by atoms with Crippen molar-refractivity contribution in [3.05, 3.63) is 81.3 Å². The van der Waals surface area contributed by atoms with Crippen molar-refractivity contribution in [2.75, 3.05) is 25.1 Å². The number of rotatable bonds is 13. The number of methoxy groups -OCH3 is 2. The zero-order valence-electron chi connectivity index (χ0n) is 26.0. The third-order valence-electron chi connectivity index (χ3n) is 7.22. The van der Waals surface area contributed by atoms with E-state index in [9.17, 15) is 18.0 Å². The number of nitrogens with zero attached hydrogens (tertiary/aromatic N) is 2. The molecule has 3 aromatic carbocycles. The van der Waals surface area contributed by atoms with Crippen LogP contribution >= 0.6 is 23.2 Å². The number of amides is 2. The monoisotopic (exact) mass is 663 g/mol. The summed E-state index contributed by atoms with van der Waals surface area (Å²) >= 11 is 12.4. The van der Waals surface area contributed by atoms with Gasteiger partial charge in [0.2, 0.25) is 11.8 Å². The Kier molecular flexibility index (Phi) is 11.9. The number of anilines is 1. The number of nitrogens with one attached hydrogen (secondary N) is 1.